The first-order valence-corrected chi connectivity index (χ1v) is 10.7. The van der Waals surface area contributed by atoms with Gasteiger partial charge in [-0.05, 0) is 69.4 Å². The van der Waals surface area contributed by atoms with Gasteiger partial charge in [-0.15, -0.1) is 0 Å². The molecule has 0 spiro atoms. The maximum Gasteiger partial charge on any atom is 0.313 e. The lowest BCUT2D eigenvalue weighted by Crippen LogP contribution is -2.20. The van der Waals surface area contributed by atoms with Gasteiger partial charge in [-0.25, -0.2) is 4.39 Å². The molecular weight excluding hydrogens is 421 g/mol. The van der Waals surface area contributed by atoms with Gasteiger partial charge in [0, 0.05) is 27.7 Å². The van der Waals surface area contributed by atoms with E-state index in [-0.39, 0.29) is 11.6 Å². The summed E-state index contributed by atoms with van der Waals surface area (Å²) in [5, 5.41) is 10.8. The first-order valence-electron chi connectivity index (χ1n) is 10.3. The fourth-order valence-corrected chi connectivity index (χ4v) is 4.59. The molecule has 0 radical (unpaired) electrons. The molecule has 0 amide bonds. The molecule has 3 aromatic rings. The van der Waals surface area contributed by atoms with Crippen molar-refractivity contribution in [2.24, 2.45) is 0 Å². The molecule has 1 saturated carbocycles. The zero-order chi connectivity index (χ0) is 22.3. The van der Waals surface area contributed by atoms with Gasteiger partial charge in [0.1, 0.15) is 6.10 Å². The van der Waals surface area contributed by atoms with Crippen molar-refractivity contribution in [3.63, 3.8) is 0 Å². The number of halogens is 2. The number of carbonyl (C=O) groups excluding carboxylic acids is 2. The van der Waals surface area contributed by atoms with Crippen LogP contribution < -0.4 is 0 Å². The second-order valence-electron chi connectivity index (χ2n) is 8.04. The monoisotopic (exact) mass is 443 g/mol. The minimum absolute atomic E-state index is 0.0949. The van der Waals surface area contributed by atoms with Crippen molar-refractivity contribution in [3.8, 4) is 5.75 Å². The summed E-state index contributed by atoms with van der Waals surface area (Å²) in [4.78, 5) is 26.2. The Labute approximate surface area is 184 Å². The van der Waals surface area contributed by atoms with Gasteiger partial charge in [-0.2, -0.15) is 0 Å². The minimum Gasteiger partial charge on any atom is -0.505 e. The number of hydrogen-bond donors (Lipinski definition) is 1. The predicted octanol–water partition coefficient (Wildman–Crippen LogP) is 5.73. The number of aromatic hydroxyl groups is 1. The number of aromatic nitrogens is 1. The molecule has 1 aliphatic carbocycles. The van der Waals surface area contributed by atoms with Gasteiger partial charge in [0.05, 0.1) is 11.4 Å². The summed E-state index contributed by atoms with van der Waals surface area (Å²) < 4.78 is 21.3. The summed E-state index contributed by atoms with van der Waals surface area (Å²) in [6.45, 7) is 3.40. The van der Waals surface area contributed by atoms with Crippen molar-refractivity contribution in [2.75, 3.05) is 0 Å². The fourth-order valence-electron chi connectivity index (χ4n) is 4.40. The highest BCUT2D eigenvalue weighted by Crippen LogP contribution is 2.37. The molecule has 7 heteroatoms. The van der Waals surface area contributed by atoms with E-state index in [4.69, 9.17) is 16.3 Å². The summed E-state index contributed by atoms with van der Waals surface area (Å²) in [7, 11) is 0. The van der Waals surface area contributed by atoms with E-state index in [0.717, 1.165) is 31.7 Å². The average molecular weight is 444 g/mol. The molecule has 2 aromatic carbocycles. The van der Waals surface area contributed by atoms with Crippen molar-refractivity contribution in [3.05, 3.63) is 64.1 Å². The highest BCUT2D eigenvalue weighted by atomic mass is 35.5. The van der Waals surface area contributed by atoms with Crippen molar-refractivity contribution in [1.29, 1.82) is 0 Å². The fraction of sp³-hybridized carbons (Fsp3) is 0.333. The number of ether oxygens (including phenoxy) is 1. The van der Waals surface area contributed by atoms with Gasteiger partial charge >= 0.3 is 5.97 Å². The van der Waals surface area contributed by atoms with E-state index in [1.54, 1.807) is 32.0 Å². The van der Waals surface area contributed by atoms with Crippen LogP contribution in [0.15, 0.2) is 36.4 Å². The zero-order valence-corrected chi connectivity index (χ0v) is 18.1. The molecule has 0 bridgehead atoms. The summed E-state index contributed by atoms with van der Waals surface area (Å²) >= 11 is 6.04. The number of rotatable bonds is 4. The van der Waals surface area contributed by atoms with Crippen molar-refractivity contribution in [2.45, 2.75) is 51.6 Å². The minimum atomic E-state index is -0.849. The number of nitrogens with zero attached hydrogens (tertiary/aromatic N) is 1. The number of phenolic OH excluding ortho intramolecular Hbond substituents is 1. The summed E-state index contributed by atoms with van der Waals surface area (Å²) in [5.74, 6) is -2.89. The Morgan fingerprint density at radius 2 is 1.94 bits per heavy atom. The van der Waals surface area contributed by atoms with Crippen LogP contribution in [-0.2, 0) is 9.53 Å². The Hall–Kier alpha value is -2.86. The number of carbonyl (C=O) groups is 2. The maximum absolute atomic E-state index is 14.2. The van der Waals surface area contributed by atoms with Crippen LogP contribution in [0.4, 0.5) is 4.39 Å². The van der Waals surface area contributed by atoms with Crippen LogP contribution >= 0.6 is 11.6 Å². The van der Waals surface area contributed by atoms with Crippen LogP contribution in [0.1, 0.15) is 60.1 Å². The third kappa shape index (κ3) is 3.92. The SMILES string of the molecule is Cc1c(C(C)C(=O)OC2CCCC2)c2cc(O)c(F)cc2n1C(=O)c1cccc(Cl)c1. The molecule has 162 valence electrons. The van der Waals surface area contributed by atoms with Gasteiger partial charge < -0.3 is 9.84 Å². The van der Waals surface area contributed by atoms with Gasteiger partial charge in [0.25, 0.3) is 5.91 Å². The van der Waals surface area contributed by atoms with Crippen molar-refractivity contribution >= 4 is 34.4 Å². The van der Waals surface area contributed by atoms with E-state index in [2.05, 4.69) is 0 Å². The van der Waals surface area contributed by atoms with E-state index >= 15 is 0 Å². The normalized spacial score (nSPS) is 15.4. The highest BCUT2D eigenvalue weighted by molar-refractivity contribution is 6.31. The number of benzene rings is 2. The lowest BCUT2D eigenvalue weighted by atomic mass is 9.97. The molecule has 1 atom stereocenters. The van der Waals surface area contributed by atoms with E-state index in [0.29, 0.717) is 27.2 Å². The third-order valence-electron chi connectivity index (χ3n) is 5.97. The lowest BCUT2D eigenvalue weighted by molar-refractivity contribution is -0.150. The Balaban J connectivity index is 1.84. The predicted molar refractivity (Wildman–Crippen MR) is 116 cm³/mol. The van der Waals surface area contributed by atoms with E-state index < -0.39 is 29.4 Å². The number of hydrogen-bond acceptors (Lipinski definition) is 4. The van der Waals surface area contributed by atoms with Crippen molar-refractivity contribution < 1.29 is 23.8 Å². The third-order valence-corrected chi connectivity index (χ3v) is 6.20. The van der Waals surface area contributed by atoms with Gasteiger partial charge in [-0.3, -0.25) is 14.2 Å². The van der Waals surface area contributed by atoms with E-state index in [1.165, 1.54) is 16.7 Å². The summed E-state index contributed by atoms with van der Waals surface area (Å²) in [5.41, 5.74) is 1.62. The molecule has 1 N–H and O–H groups in total. The standard InChI is InChI=1S/C24H23ClFNO4/c1-13(24(30)31-17-8-3-4-9-17)22-14(2)27(20-12-19(26)21(28)11-18(20)22)23(29)15-6-5-7-16(25)10-15/h5-7,10-13,17,28H,3-4,8-9H2,1-2H3. The second kappa shape index (κ2) is 8.35. The Morgan fingerprint density at radius 3 is 2.61 bits per heavy atom. The molecular formula is C24H23ClFNO4. The van der Waals surface area contributed by atoms with Crippen LogP contribution in [0.3, 0.4) is 0 Å². The van der Waals surface area contributed by atoms with Gasteiger partial charge in [0.2, 0.25) is 0 Å². The van der Waals surface area contributed by atoms with Crippen LogP contribution in [0, 0.1) is 12.7 Å². The highest BCUT2D eigenvalue weighted by Gasteiger charge is 2.30. The van der Waals surface area contributed by atoms with Crippen LogP contribution in [0.5, 0.6) is 5.75 Å². The van der Waals surface area contributed by atoms with Gasteiger partial charge in [0.15, 0.2) is 11.6 Å². The Morgan fingerprint density at radius 1 is 1.23 bits per heavy atom. The Kier molecular flexibility index (Phi) is 5.75. The van der Waals surface area contributed by atoms with Crippen molar-refractivity contribution in [1.82, 2.24) is 4.57 Å². The molecule has 1 unspecified atom stereocenters. The molecule has 1 aliphatic rings. The number of phenols is 1. The molecule has 1 aromatic heterocycles. The molecule has 4 rings (SSSR count). The lowest BCUT2D eigenvalue weighted by Gasteiger charge is -2.17. The molecule has 0 saturated heterocycles. The molecule has 0 aliphatic heterocycles. The van der Waals surface area contributed by atoms with Gasteiger partial charge in [-0.1, -0.05) is 17.7 Å². The second-order valence-corrected chi connectivity index (χ2v) is 8.47. The summed E-state index contributed by atoms with van der Waals surface area (Å²) in [6, 6.07) is 8.83. The van der Waals surface area contributed by atoms with Crippen LogP contribution in [0.25, 0.3) is 10.9 Å². The zero-order valence-electron chi connectivity index (χ0n) is 17.3. The van der Waals surface area contributed by atoms with Crippen LogP contribution in [-0.4, -0.2) is 27.7 Å². The number of esters is 1. The number of fused-ring (bicyclic) bond motifs is 1. The smallest absolute Gasteiger partial charge is 0.313 e. The maximum atomic E-state index is 14.2. The quantitative estimate of drug-likeness (QED) is 0.523. The average Bonchev–Trinajstić information content (AvgIpc) is 3.33. The molecule has 1 fully saturated rings. The molecule has 1 heterocycles. The Bertz CT molecular complexity index is 1180. The largest absolute Gasteiger partial charge is 0.505 e. The molecule has 31 heavy (non-hydrogen) atoms. The van der Waals surface area contributed by atoms with E-state index in [9.17, 15) is 19.1 Å². The first kappa shape index (κ1) is 21.4. The van der Waals surface area contributed by atoms with E-state index in [1.807, 2.05) is 0 Å². The molecule has 5 nitrogen and oxygen atoms in total. The topological polar surface area (TPSA) is 68.5 Å². The summed E-state index contributed by atoms with van der Waals surface area (Å²) in [6.07, 6.45) is 3.66. The first-order chi connectivity index (χ1) is 14.8. The van der Waals surface area contributed by atoms with Crippen LogP contribution in [0.2, 0.25) is 5.02 Å².